The van der Waals surface area contributed by atoms with Crippen LogP contribution in [0.25, 0.3) is 0 Å². The first-order valence-corrected chi connectivity index (χ1v) is 10.3. The molecule has 3 unspecified atom stereocenters. The summed E-state index contributed by atoms with van der Waals surface area (Å²) >= 11 is 6.00. The average molecular weight is 386 g/mol. The quantitative estimate of drug-likeness (QED) is 0.752. The fourth-order valence-corrected chi connectivity index (χ4v) is 4.93. The molecule has 4 rings (SSSR count). The first-order chi connectivity index (χ1) is 13.2. The Hall–Kier alpha value is -1.71. The molecule has 1 aliphatic carbocycles. The molecule has 2 aromatic carbocycles. The number of rotatable bonds is 5. The van der Waals surface area contributed by atoms with Crippen molar-refractivity contribution in [3.05, 3.63) is 58.1 Å². The molecule has 0 bridgehead atoms. The summed E-state index contributed by atoms with van der Waals surface area (Å²) in [5, 5.41) is 4.57. The molecule has 144 valence electrons. The van der Waals surface area contributed by atoms with Crippen LogP contribution >= 0.6 is 11.6 Å². The lowest BCUT2D eigenvalue weighted by Gasteiger charge is -2.41. The summed E-state index contributed by atoms with van der Waals surface area (Å²) in [5.41, 5.74) is 4.19. The fraction of sp³-hybridized carbons (Fsp3) is 0.478. The van der Waals surface area contributed by atoms with E-state index in [1.807, 2.05) is 12.1 Å². The van der Waals surface area contributed by atoms with E-state index < -0.39 is 0 Å². The molecule has 0 amide bonds. The monoisotopic (exact) mass is 385 g/mol. The first-order valence-electron chi connectivity index (χ1n) is 9.90. The number of halogens is 1. The molecule has 0 aromatic heterocycles. The third kappa shape index (κ3) is 3.95. The number of nitrogens with one attached hydrogen (secondary N) is 1. The van der Waals surface area contributed by atoms with Gasteiger partial charge in [-0.2, -0.15) is 0 Å². The van der Waals surface area contributed by atoms with Crippen molar-refractivity contribution in [2.24, 2.45) is 5.92 Å². The SMILES string of the molecule is COc1cc2c(cc1OC)C1CC(CCc3ccc(Cl)cc3)CCC1NC2. The smallest absolute Gasteiger partial charge is 0.161 e. The topological polar surface area (TPSA) is 30.5 Å². The van der Waals surface area contributed by atoms with E-state index in [9.17, 15) is 0 Å². The number of benzene rings is 2. The molecule has 2 aliphatic rings. The summed E-state index contributed by atoms with van der Waals surface area (Å²) in [7, 11) is 3.43. The number of ether oxygens (including phenoxy) is 2. The average Bonchev–Trinajstić information content (AvgIpc) is 2.72. The standard InChI is InChI=1S/C23H28ClNO2/c1-26-22-12-17-14-25-21-10-7-16(4-3-15-5-8-18(24)9-6-15)11-20(21)19(17)13-23(22)27-2/h5-6,8-9,12-13,16,20-21,25H,3-4,7,10-11,14H2,1-2H3. The zero-order chi connectivity index (χ0) is 18.8. The van der Waals surface area contributed by atoms with E-state index in [-0.39, 0.29) is 0 Å². The first kappa shape index (κ1) is 18.6. The Balaban J connectivity index is 1.49. The molecule has 1 aliphatic heterocycles. The minimum absolute atomic E-state index is 0.567. The molecule has 0 saturated heterocycles. The summed E-state index contributed by atoms with van der Waals surface area (Å²) in [6, 6.07) is 13.2. The maximum Gasteiger partial charge on any atom is 0.161 e. The Morgan fingerprint density at radius 1 is 1.04 bits per heavy atom. The maximum atomic E-state index is 6.00. The van der Waals surface area contributed by atoms with Gasteiger partial charge in [0.15, 0.2) is 11.5 Å². The second-order valence-electron chi connectivity index (χ2n) is 7.84. The lowest BCUT2D eigenvalue weighted by Crippen LogP contribution is -2.43. The summed E-state index contributed by atoms with van der Waals surface area (Å²) in [5.74, 6) is 3.01. The lowest BCUT2D eigenvalue weighted by atomic mass is 9.70. The fourth-order valence-electron chi connectivity index (χ4n) is 4.81. The number of fused-ring (bicyclic) bond motifs is 3. The summed E-state index contributed by atoms with van der Waals surface area (Å²) in [6.45, 7) is 0.923. The zero-order valence-electron chi connectivity index (χ0n) is 16.1. The van der Waals surface area contributed by atoms with Crippen LogP contribution in [0.3, 0.4) is 0 Å². The Labute approximate surface area is 167 Å². The van der Waals surface area contributed by atoms with Crippen molar-refractivity contribution >= 4 is 11.6 Å². The summed E-state index contributed by atoms with van der Waals surface area (Å²) < 4.78 is 11.1. The Bertz CT molecular complexity index is 790. The van der Waals surface area contributed by atoms with Gasteiger partial charge in [-0.1, -0.05) is 23.7 Å². The number of hydrogen-bond acceptors (Lipinski definition) is 3. The van der Waals surface area contributed by atoms with Crippen molar-refractivity contribution in [3.63, 3.8) is 0 Å². The molecular weight excluding hydrogens is 358 g/mol. The third-order valence-corrected chi connectivity index (χ3v) is 6.56. The molecular formula is C23H28ClNO2. The van der Waals surface area contributed by atoms with Gasteiger partial charge in [0.05, 0.1) is 14.2 Å². The van der Waals surface area contributed by atoms with Crippen LogP contribution in [-0.4, -0.2) is 20.3 Å². The summed E-state index contributed by atoms with van der Waals surface area (Å²) in [6.07, 6.45) is 6.18. The van der Waals surface area contributed by atoms with E-state index in [0.717, 1.165) is 35.4 Å². The molecule has 2 aromatic rings. The molecule has 4 heteroatoms. The van der Waals surface area contributed by atoms with E-state index >= 15 is 0 Å². The van der Waals surface area contributed by atoms with Crippen LogP contribution in [0.5, 0.6) is 11.5 Å². The van der Waals surface area contributed by atoms with Crippen LogP contribution in [-0.2, 0) is 13.0 Å². The van der Waals surface area contributed by atoms with Crippen molar-refractivity contribution in [3.8, 4) is 11.5 Å². The van der Waals surface area contributed by atoms with Crippen LogP contribution in [0.15, 0.2) is 36.4 Å². The molecule has 1 saturated carbocycles. The predicted octanol–water partition coefficient (Wildman–Crippen LogP) is 5.35. The highest BCUT2D eigenvalue weighted by Gasteiger charge is 2.35. The highest BCUT2D eigenvalue weighted by atomic mass is 35.5. The number of hydrogen-bond donors (Lipinski definition) is 1. The van der Waals surface area contributed by atoms with E-state index in [4.69, 9.17) is 21.1 Å². The molecule has 3 nitrogen and oxygen atoms in total. The second kappa shape index (κ2) is 8.12. The number of aryl methyl sites for hydroxylation is 1. The van der Waals surface area contributed by atoms with Gasteiger partial charge in [-0.15, -0.1) is 0 Å². The molecule has 0 spiro atoms. The van der Waals surface area contributed by atoms with Crippen molar-refractivity contribution < 1.29 is 9.47 Å². The highest BCUT2D eigenvalue weighted by molar-refractivity contribution is 6.30. The lowest BCUT2D eigenvalue weighted by molar-refractivity contribution is 0.232. The molecule has 27 heavy (non-hydrogen) atoms. The van der Waals surface area contributed by atoms with E-state index in [2.05, 4.69) is 29.6 Å². The van der Waals surface area contributed by atoms with Gasteiger partial charge in [0.1, 0.15) is 0 Å². The van der Waals surface area contributed by atoms with Crippen molar-refractivity contribution in [2.45, 2.75) is 50.6 Å². The van der Waals surface area contributed by atoms with E-state index in [1.54, 1.807) is 14.2 Å². The van der Waals surface area contributed by atoms with Crippen LogP contribution in [0.4, 0.5) is 0 Å². The van der Waals surface area contributed by atoms with Crippen molar-refractivity contribution in [1.82, 2.24) is 5.32 Å². The van der Waals surface area contributed by atoms with Gasteiger partial charge >= 0.3 is 0 Å². The largest absolute Gasteiger partial charge is 0.493 e. The van der Waals surface area contributed by atoms with E-state index in [1.165, 1.54) is 42.4 Å². The normalized spacial score (nSPS) is 24.0. The molecule has 1 fully saturated rings. The predicted molar refractivity (Wildman–Crippen MR) is 110 cm³/mol. The van der Waals surface area contributed by atoms with Gasteiger partial charge in [-0.25, -0.2) is 0 Å². The van der Waals surface area contributed by atoms with Gasteiger partial charge in [0, 0.05) is 17.6 Å². The summed E-state index contributed by atoms with van der Waals surface area (Å²) in [4.78, 5) is 0. The number of methoxy groups -OCH3 is 2. The second-order valence-corrected chi connectivity index (χ2v) is 8.28. The minimum Gasteiger partial charge on any atom is -0.493 e. The molecule has 3 atom stereocenters. The molecule has 1 heterocycles. The van der Waals surface area contributed by atoms with E-state index in [0.29, 0.717) is 12.0 Å². The maximum absolute atomic E-state index is 6.00. The van der Waals surface area contributed by atoms with Crippen LogP contribution in [0.2, 0.25) is 5.02 Å². The van der Waals surface area contributed by atoms with Gasteiger partial charge in [0.2, 0.25) is 0 Å². The van der Waals surface area contributed by atoms with Crippen LogP contribution < -0.4 is 14.8 Å². The Morgan fingerprint density at radius 2 is 1.78 bits per heavy atom. The zero-order valence-corrected chi connectivity index (χ0v) is 16.9. The Kier molecular flexibility index (Phi) is 5.60. The third-order valence-electron chi connectivity index (χ3n) is 6.31. The molecule has 0 radical (unpaired) electrons. The Morgan fingerprint density at radius 3 is 2.52 bits per heavy atom. The highest BCUT2D eigenvalue weighted by Crippen LogP contribution is 2.44. The van der Waals surface area contributed by atoms with Crippen molar-refractivity contribution in [1.29, 1.82) is 0 Å². The van der Waals surface area contributed by atoms with Gasteiger partial charge < -0.3 is 14.8 Å². The van der Waals surface area contributed by atoms with Gasteiger partial charge in [0.25, 0.3) is 0 Å². The van der Waals surface area contributed by atoms with Gasteiger partial charge in [-0.3, -0.25) is 0 Å². The van der Waals surface area contributed by atoms with Gasteiger partial charge in [-0.05, 0) is 84.9 Å². The van der Waals surface area contributed by atoms with Crippen molar-refractivity contribution in [2.75, 3.05) is 14.2 Å². The molecule has 1 N–H and O–H groups in total. The minimum atomic E-state index is 0.567. The van der Waals surface area contributed by atoms with Crippen LogP contribution in [0.1, 0.15) is 48.3 Å². The van der Waals surface area contributed by atoms with Crippen LogP contribution in [0, 0.1) is 5.92 Å².